The van der Waals surface area contributed by atoms with E-state index in [0.717, 1.165) is 29.2 Å². The molecule has 0 saturated heterocycles. The van der Waals surface area contributed by atoms with Crippen molar-refractivity contribution in [2.24, 2.45) is 0 Å². The molecule has 1 rings (SSSR count). The summed E-state index contributed by atoms with van der Waals surface area (Å²) in [5, 5.41) is 12.3. The minimum Gasteiger partial charge on any atom is -0.372 e. The lowest BCUT2D eigenvalue weighted by Gasteiger charge is -2.21. The van der Waals surface area contributed by atoms with Crippen molar-refractivity contribution in [3.8, 4) is 6.07 Å². The number of nitrogens with zero attached hydrogens (tertiary/aromatic N) is 2. The number of likely N-dealkylation sites (N-methyl/N-ethyl adjacent to an activating group) is 2. The van der Waals surface area contributed by atoms with Crippen LogP contribution in [0.25, 0.3) is 0 Å². The number of hydrogen-bond donors (Lipinski definition) is 1. The van der Waals surface area contributed by atoms with Gasteiger partial charge in [0.2, 0.25) is 0 Å². The zero-order chi connectivity index (χ0) is 12.0. The van der Waals surface area contributed by atoms with Crippen LogP contribution in [0.2, 0.25) is 0 Å². The Kier molecular flexibility index (Phi) is 5.17. The highest BCUT2D eigenvalue weighted by atomic mass is 32.2. The van der Waals surface area contributed by atoms with Gasteiger partial charge in [0.25, 0.3) is 0 Å². The monoisotopic (exact) mass is 235 g/mol. The molecule has 16 heavy (non-hydrogen) atoms. The minimum atomic E-state index is 0.772. The molecule has 4 heteroatoms. The van der Waals surface area contributed by atoms with Crippen LogP contribution in [-0.2, 0) is 0 Å². The van der Waals surface area contributed by atoms with E-state index in [-0.39, 0.29) is 0 Å². The highest BCUT2D eigenvalue weighted by Crippen LogP contribution is 2.28. The lowest BCUT2D eigenvalue weighted by molar-refractivity contribution is 0.767. The van der Waals surface area contributed by atoms with E-state index in [2.05, 4.69) is 16.3 Å². The quantitative estimate of drug-likeness (QED) is 0.792. The molecule has 0 aliphatic heterocycles. The topological polar surface area (TPSA) is 39.1 Å². The lowest BCUT2D eigenvalue weighted by atomic mass is 10.2. The van der Waals surface area contributed by atoms with Crippen LogP contribution < -0.4 is 10.2 Å². The molecule has 3 nitrogen and oxygen atoms in total. The van der Waals surface area contributed by atoms with Gasteiger partial charge in [-0.05, 0) is 25.4 Å². The summed E-state index contributed by atoms with van der Waals surface area (Å²) in [5.74, 6) is 0. The Balaban J connectivity index is 2.99. The van der Waals surface area contributed by atoms with Crippen molar-refractivity contribution in [1.82, 2.24) is 5.32 Å². The number of anilines is 1. The van der Waals surface area contributed by atoms with Gasteiger partial charge in [-0.15, -0.1) is 11.8 Å². The summed E-state index contributed by atoms with van der Waals surface area (Å²) >= 11 is 1.61. The van der Waals surface area contributed by atoms with E-state index < -0.39 is 0 Å². The predicted octanol–water partition coefficient (Wildman–Crippen LogP) is 1.94. The van der Waals surface area contributed by atoms with E-state index in [1.807, 2.05) is 38.6 Å². The van der Waals surface area contributed by atoms with Crippen LogP contribution >= 0.6 is 11.8 Å². The highest BCUT2D eigenvalue weighted by Gasteiger charge is 2.10. The first-order valence-electron chi connectivity index (χ1n) is 5.17. The van der Waals surface area contributed by atoms with Gasteiger partial charge in [-0.1, -0.05) is 6.07 Å². The second-order valence-electron chi connectivity index (χ2n) is 3.49. The fourth-order valence-corrected chi connectivity index (χ4v) is 2.09. The minimum absolute atomic E-state index is 0.772. The third kappa shape index (κ3) is 2.91. The van der Waals surface area contributed by atoms with Crippen molar-refractivity contribution in [3.63, 3.8) is 0 Å². The van der Waals surface area contributed by atoms with Gasteiger partial charge >= 0.3 is 0 Å². The van der Waals surface area contributed by atoms with Crippen LogP contribution in [0.4, 0.5) is 5.69 Å². The van der Waals surface area contributed by atoms with Crippen LogP contribution in [0.3, 0.4) is 0 Å². The Morgan fingerprint density at radius 1 is 1.50 bits per heavy atom. The molecule has 0 heterocycles. The summed E-state index contributed by atoms with van der Waals surface area (Å²) in [6, 6.07) is 8.27. The fraction of sp³-hybridized carbons (Fsp3) is 0.417. The van der Waals surface area contributed by atoms with E-state index >= 15 is 0 Å². The van der Waals surface area contributed by atoms with E-state index in [0.29, 0.717) is 0 Å². The van der Waals surface area contributed by atoms with E-state index in [1.165, 1.54) is 0 Å². The van der Waals surface area contributed by atoms with Crippen LogP contribution in [0.1, 0.15) is 5.56 Å². The first kappa shape index (κ1) is 12.9. The Bertz CT molecular complexity index is 384. The van der Waals surface area contributed by atoms with Gasteiger partial charge in [0.1, 0.15) is 6.07 Å². The smallest absolute Gasteiger partial charge is 0.102 e. The standard InChI is InChI=1S/C12H17N3S/c1-14-7-8-15(2)11-5-4-6-12(16-3)10(11)9-13/h4-6,14H,7-8H2,1-3H3. The van der Waals surface area contributed by atoms with Crippen molar-refractivity contribution < 1.29 is 0 Å². The first-order chi connectivity index (χ1) is 7.74. The van der Waals surface area contributed by atoms with E-state index in [4.69, 9.17) is 0 Å². The maximum Gasteiger partial charge on any atom is 0.102 e. The first-order valence-corrected chi connectivity index (χ1v) is 6.40. The molecule has 0 spiro atoms. The fourth-order valence-electron chi connectivity index (χ4n) is 1.52. The van der Waals surface area contributed by atoms with E-state index in [9.17, 15) is 5.26 Å². The molecule has 0 amide bonds. The Hall–Kier alpha value is -1.18. The van der Waals surface area contributed by atoms with Crippen molar-refractivity contribution in [2.45, 2.75) is 4.90 Å². The number of hydrogen-bond acceptors (Lipinski definition) is 4. The van der Waals surface area contributed by atoms with Crippen molar-refractivity contribution >= 4 is 17.4 Å². The molecule has 0 aliphatic carbocycles. The second-order valence-corrected chi connectivity index (χ2v) is 4.34. The third-order valence-electron chi connectivity index (χ3n) is 2.44. The molecule has 0 saturated carbocycles. The van der Waals surface area contributed by atoms with Gasteiger partial charge < -0.3 is 10.2 Å². The van der Waals surface area contributed by atoms with Gasteiger partial charge in [-0.2, -0.15) is 5.26 Å². The normalized spacial score (nSPS) is 9.88. The molecular formula is C12H17N3S. The summed E-state index contributed by atoms with van der Waals surface area (Å²) in [6.45, 7) is 1.80. The van der Waals surface area contributed by atoms with Gasteiger partial charge in [0.15, 0.2) is 0 Å². The maximum atomic E-state index is 9.20. The van der Waals surface area contributed by atoms with Gasteiger partial charge in [0, 0.05) is 25.0 Å². The van der Waals surface area contributed by atoms with Crippen LogP contribution in [0.5, 0.6) is 0 Å². The average Bonchev–Trinajstić information content (AvgIpc) is 2.34. The number of rotatable bonds is 5. The zero-order valence-corrected chi connectivity index (χ0v) is 10.8. The largest absolute Gasteiger partial charge is 0.372 e. The molecule has 0 bridgehead atoms. The predicted molar refractivity (Wildman–Crippen MR) is 70.1 cm³/mol. The zero-order valence-electron chi connectivity index (χ0n) is 9.95. The molecule has 1 aromatic carbocycles. The molecule has 0 aliphatic rings. The number of thioether (sulfide) groups is 1. The van der Waals surface area contributed by atoms with Gasteiger partial charge in [-0.25, -0.2) is 0 Å². The summed E-state index contributed by atoms with van der Waals surface area (Å²) in [6.07, 6.45) is 1.99. The van der Waals surface area contributed by atoms with Crippen molar-refractivity contribution in [1.29, 1.82) is 5.26 Å². The van der Waals surface area contributed by atoms with Crippen LogP contribution in [0, 0.1) is 11.3 Å². The molecule has 0 unspecified atom stereocenters. The second kappa shape index (κ2) is 6.41. The van der Waals surface area contributed by atoms with Gasteiger partial charge in [0.05, 0.1) is 11.3 Å². The van der Waals surface area contributed by atoms with Crippen molar-refractivity contribution in [2.75, 3.05) is 38.3 Å². The highest BCUT2D eigenvalue weighted by molar-refractivity contribution is 7.98. The number of nitriles is 1. The number of benzene rings is 1. The van der Waals surface area contributed by atoms with Crippen LogP contribution in [-0.4, -0.2) is 33.4 Å². The summed E-state index contributed by atoms with van der Waals surface area (Å²) in [7, 11) is 3.94. The third-order valence-corrected chi connectivity index (χ3v) is 3.22. The Morgan fingerprint density at radius 3 is 2.81 bits per heavy atom. The Labute approximate surface area is 101 Å². The summed E-state index contributed by atoms with van der Waals surface area (Å²) < 4.78 is 0. The van der Waals surface area contributed by atoms with Crippen molar-refractivity contribution in [3.05, 3.63) is 23.8 Å². The summed E-state index contributed by atoms with van der Waals surface area (Å²) in [5.41, 5.74) is 1.78. The molecule has 1 aromatic rings. The SMILES string of the molecule is CNCCN(C)c1cccc(SC)c1C#N. The molecule has 0 aromatic heterocycles. The number of nitrogens with one attached hydrogen (secondary N) is 1. The Morgan fingerprint density at radius 2 is 2.25 bits per heavy atom. The maximum absolute atomic E-state index is 9.20. The molecule has 0 radical (unpaired) electrons. The molecule has 0 atom stereocenters. The molecular weight excluding hydrogens is 218 g/mol. The molecule has 0 fully saturated rings. The molecule has 86 valence electrons. The van der Waals surface area contributed by atoms with E-state index in [1.54, 1.807) is 11.8 Å². The molecule has 1 N–H and O–H groups in total. The average molecular weight is 235 g/mol. The van der Waals surface area contributed by atoms with Crippen LogP contribution in [0.15, 0.2) is 23.1 Å². The summed E-state index contributed by atoms with van der Waals surface area (Å²) in [4.78, 5) is 3.14. The lowest BCUT2D eigenvalue weighted by Crippen LogP contribution is -2.27. The van der Waals surface area contributed by atoms with Gasteiger partial charge in [-0.3, -0.25) is 0 Å².